The Hall–Kier alpha value is -1.24. The predicted molar refractivity (Wildman–Crippen MR) is 60.7 cm³/mol. The zero-order chi connectivity index (χ0) is 12.2. The van der Waals surface area contributed by atoms with Gasteiger partial charge in [0.15, 0.2) is 0 Å². The molecule has 90 valence electrons. The van der Waals surface area contributed by atoms with Gasteiger partial charge in [-0.3, -0.25) is 0 Å². The van der Waals surface area contributed by atoms with Gasteiger partial charge in [0, 0.05) is 6.04 Å². The fourth-order valence-electron chi connectivity index (χ4n) is 1.92. The van der Waals surface area contributed by atoms with Crippen LogP contribution in [0.25, 0.3) is 0 Å². The average Bonchev–Trinajstić information content (AvgIpc) is 2.15. The van der Waals surface area contributed by atoms with Crippen molar-refractivity contribution < 1.29 is 9.53 Å². The third kappa shape index (κ3) is 4.09. The fraction of sp³-hybridized carbons (Fsp3) is 0.833. The van der Waals surface area contributed by atoms with Crippen LogP contribution in [0.15, 0.2) is 0 Å². The largest absolute Gasteiger partial charge is 0.444 e. The first-order valence-electron chi connectivity index (χ1n) is 5.81. The molecule has 0 saturated heterocycles. The lowest BCUT2D eigenvalue weighted by molar-refractivity contribution is 0.0481. The predicted octanol–water partition coefficient (Wildman–Crippen LogP) is 2.59. The highest BCUT2D eigenvalue weighted by molar-refractivity contribution is 5.68. The van der Waals surface area contributed by atoms with Gasteiger partial charge in [-0.2, -0.15) is 5.26 Å². The van der Waals surface area contributed by atoms with Crippen molar-refractivity contribution in [3.8, 4) is 6.07 Å². The summed E-state index contributed by atoms with van der Waals surface area (Å²) in [6.45, 7) is 5.49. The van der Waals surface area contributed by atoms with Gasteiger partial charge in [0.25, 0.3) is 0 Å². The van der Waals surface area contributed by atoms with Crippen LogP contribution < -0.4 is 5.32 Å². The van der Waals surface area contributed by atoms with Gasteiger partial charge in [-0.05, 0) is 33.6 Å². The Kier molecular flexibility index (Phi) is 4.17. The lowest BCUT2D eigenvalue weighted by Crippen LogP contribution is -2.44. The number of hydrogen-bond donors (Lipinski definition) is 1. The Morgan fingerprint density at radius 3 is 2.56 bits per heavy atom. The summed E-state index contributed by atoms with van der Waals surface area (Å²) in [6, 6.07) is 2.20. The molecular weight excluding hydrogens is 204 g/mol. The van der Waals surface area contributed by atoms with E-state index in [4.69, 9.17) is 10.00 Å². The lowest BCUT2D eigenvalue weighted by Gasteiger charge is -2.29. The van der Waals surface area contributed by atoms with Gasteiger partial charge in [-0.1, -0.05) is 12.8 Å². The monoisotopic (exact) mass is 224 g/mol. The van der Waals surface area contributed by atoms with E-state index in [1.165, 1.54) is 0 Å². The molecule has 4 heteroatoms. The maximum Gasteiger partial charge on any atom is 0.407 e. The van der Waals surface area contributed by atoms with Gasteiger partial charge in [0.2, 0.25) is 0 Å². The first-order chi connectivity index (χ1) is 7.42. The second-order valence-corrected chi connectivity index (χ2v) is 5.27. The highest BCUT2D eigenvalue weighted by atomic mass is 16.6. The lowest BCUT2D eigenvalue weighted by atomic mass is 9.86. The molecule has 1 N–H and O–H groups in total. The van der Waals surface area contributed by atoms with Gasteiger partial charge >= 0.3 is 6.09 Å². The van der Waals surface area contributed by atoms with Gasteiger partial charge in [-0.15, -0.1) is 0 Å². The fourth-order valence-corrected chi connectivity index (χ4v) is 1.92. The molecule has 1 amide bonds. The van der Waals surface area contributed by atoms with Crippen molar-refractivity contribution in [1.82, 2.24) is 5.32 Å². The minimum Gasteiger partial charge on any atom is -0.444 e. The molecule has 1 fully saturated rings. The summed E-state index contributed by atoms with van der Waals surface area (Å²) in [5.74, 6) is -0.0683. The van der Waals surface area contributed by atoms with Crippen molar-refractivity contribution in [2.24, 2.45) is 5.92 Å². The van der Waals surface area contributed by atoms with Crippen LogP contribution in [0, 0.1) is 17.2 Å². The standard InChI is InChI=1S/C12H20N2O2/c1-12(2,3)16-11(15)14-10-7-5-4-6-9(10)8-13/h9-10H,4-7H2,1-3H3,(H,14,15)/t9-,10-/m1/s1. The molecule has 0 aromatic heterocycles. The topological polar surface area (TPSA) is 62.1 Å². The summed E-state index contributed by atoms with van der Waals surface area (Å²) in [5.41, 5.74) is -0.485. The number of ether oxygens (including phenoxy) is 1. The maximum atomic E-state index is 11.5. The Morgan fingerprint density at radius 1 is 1.38 bits per heavy atom. The molecule has 0 aromatic rings. The smallest absolute Gasteiger partial charge is 0.407 e. The molecule has 0 heterocycles. The van der Waals surface area contributed by atoms with Gasteiger partial charge in [0.1, 0.15) is 5.60 Å². The summed E-state index contributed by atoms with van der Waals surface area (Å²) in [5, 5.41) is 11.8. The van der Waals surface area contributed by atoms with Crippen LogP contribution in [-0.2, 0) is 4.74 Å². The van der Waals surface area contributed by atoms with Crippen molar-refractivity contribution in [3.63, 3.8) is 0 Å². The highest BCUT2D eigenvalue weighted by Gasteiger charge is 2.28. The Labute approximate surface area is 97.0 Å². The second kappa shape index (κ2) is 5.20. The molecule has 0 unspecified atom stereocenters. The molecule has 4 nitrogen and oxygen atoms in total. The van der Waals surface area contributed by atoms with E-state index in [9.17, 15) is 4.79 Å². The molecule has 16 heavy (non-hydrogen) atoms. The molecule has 0 spiro atoms. The molecule has 0 aliphatic heterocycles. The number of carbonyl (C=O) groups is 1. The summed E-state index contributed by atoms with van der Waals surface area (Å²) in [4.78, 5) is 11.5. The Balaban J connectivity index is 2.46. The van der Waals surface area contributed by atoms with Crippen molar-refractivity contribution in [2.75, 3.05) is 0 Å². The van der Waals surface area contributed by atoms with E-state index in [-0.39, 0.29) is 12.0 Å². The molecule has 0 radical (unpaired) electrons. The first kappa shape index (κ1) is 12.8. The molecule has 1 aliphatic carbocycles. The zero-order valence-electron chi connectivity index (χ0n) is 10.2. The molecule has 0 aromatic carbocycles. The van der Waals surface area contributed by atoms with Crippen LogP contribution in [0.2, 0.25) is 0 Å². The van der Waals surface area contributed by atoms with Crippen LogP contribution >= 0.6 is 0 Å². The SMILES string of the molecule is CC(C)(C)OC(=O)N[C@@H]1CCCC[C@@H]1C#N. The number of rotatable bonds is 1. The van der Waals surface area contributed by atoms with Crippen LogP contribution in [0.5, 0.6) is 0 Å². The van der Waals surface area contributed by atoms with E-state index < -0.39 is 11.7 Å². The third-order valence-electron chi connectivity index (χ3n) is 2.63. The first-order valence-corrected chi connectivity index (χ1v) is 5.81. The van der Waals surface area contributed by atoms with Gasteiger partial charge in [0.05, 0.1) is 12.0 Å². The molecule has 2 atom stereocenters. The van der Waals surface area contributed by atoms with Crippen molar-refractivity contribution in [3.05, 3.63) is 0 Å². The van der Waals surface area contributed by atoms with Crippen LogP contribution in [0.1, 0.15) is 46.5 Å². The number of carbonyl (C=O) groups excluding carboxylic acids is 1. The Morgan fingerprint density at radius 2 is 2.00 bits per heavy atom. The van der Waals surface area contributed by atoms with E-state index in [2.05, 4.69) is 11.4 Å². The maximum absolute atomic E-state index is 11.5. The van der Waals surface area contributed by atoms with E-state index >= 15 is 0 Å². The van der Waals surface area contributed by atoms with Gasteiger partial charge in [-0.25, -0.2) is 4.79 Å². The van der Waals surface area contributed by atoms with Crippen molar-refractivity contribution >= 4 is 6.09 Å². The van der Waals surface area contributed by atoms with E-state index in [0.717, 1.165) is 25.7 Å². The number of nitrogens with zero attached hydrogens (tertiary/aromatic N) is 1. The average molecular weight is 224 g/mol. The zero-order valence-corrected chi connectivity index (χ0v) is 10.2. The molecule has 1 aliphatic rings. The summed E-state index contributed by atoms with van der Waals surface area (Å²) in [6.07, 6.45) is 3.47. The number of hydrogen-bond acceptors (Lipinski definition) is 3. The van der Waals surface area contributed by atoms with E-state index in [1.807, 2.05) is 20.8 Å². The van der Waals surface area contributed by atoms with Crippen LogP contribution in [0.4, 0.5) is 4.79 Å². The number of amides is 1. The molecule has 1 rings (SSSR count). The van der Waals surface area contributed by atoms with Crippen molar-refractivity contribution in [2.45, 2.75) is 58.1 Å². The summed E-state index contributed by atoms with van der Waals surface area (Å²) >= 11 is 0. The quantitative estimate of drug-likeness (QED) is 0.744. The van der Waals surface area contributed by atoms with E-state index in [1.54, 1.807) is 0 Å². The third-order valence-corrected chi connectivity index (χ3v) is 2.63. The molecule has 0 bridgehead atoms. The summed E-state index contributed by atoms with van der Waals surface area (Å²) in [7, 11) is 0. The minimum absolute atomic E-state index is 0.0476. The normalized spacial score (nSPS) is 25.6. The van der Waals surface area contributed by atoms with E-state index in [0.29, 0.717) is 0 Å². The molecule has 1 saturated carbocycles. The Bertz CT molecular complexity index is 288. The summed E-state index contributed by atoms with van der Waals surface area (Å²) < 4.78 is 5.17. The van der Waals surface area contributed by atoms with Crippen LogP contribution in [-0.4, -0.2) is 17.7 Å². The number of nitrogens with one attached hydrogen (secondary N) is 1. The molecular formula is C12H20N2O2. The van der Waals surface area contributed by atoms with Crippen molar-refractivity contribution in [1.29, 1.82) is 5.26 Å². The van der Waals surface area contributed by atoms with Gasteiger partial charge < -0.3 is 10.1 Å². The number of nitriles is 1. The second-order valence-electron chi connectivity index (χ2n) is 5.27. The number of alkyl carbamates (subject to hydrolysis) is 1. The highest BCUT2D eigenvalue weighted by Crippen LogP contribution is 2.24. The minimum atomic E-state index is -0.485. The van der Waals surface area contributed by atoms with Crippen LogP contribution in [0.3, 0.4) is 0 Å².